The number of alkyl halides is 3. The molecule has 2 N–H and O–H groups in total. The van der Waals surface area contributed by atoms with Crippen molar-refractivity contribution in [3.8, 4) is 0 Å². The van der Waals surface area contributed by atoms with Crippen LogP contribution in [0.5, 0.6) is 0 Å². The molecule has 0 bridgehead atoms. The summed E-state index contributed by atoms with van der Waals surface area (Å²) in [6, 6.07) is 17.9. The van der Waals surface area contributed by atoms with Crippen molar-refractivity contribution in [3.05, 3.63) is 83.9 Å². The number of aliphatic carboxylic acids is 1. The summed E-state index contributed by atoms with van der Waals surface area (Å²) < 4.78 is 48.8. The molecule has 1 heterocycles. The number of halogens is 3. The van der Waals surface area contributed by atoms with Gasteiger partial charge in [-0.25, -0.2) is 13.6 Å². The van der Waals surface area contributed by atoms with Gasteiger partial charge in [0.2, 0.25) is 11.8 Å². The van der Waals surface area contributed by atoms with E-state index in [0.717, 1.165) is 36.8 Å². The molecule has 6 nitrogen and oxygen atoms in total. The Morgan fingerprint density at radius 2 is 1.42 bits per heavy atom. The first kappa shape index (κ1) is 41.2. The summed E-state index contributed by atoms with van der Waals surface area (Å²) in [5, 5.41) is 21.4. The zero-order valence-corrected chi connectivity index (χ0v) is 30.5. The van der Waals surface area contributed by atoms with Gasteiger partial charge in [-0.2, -0.15) is 0 Å². The van der Waals surface area contributed by atoms with E-state index in [2.05, 4.69) is 6.92 Å². The number of allylic oxidation sites excluding steroid dienone is 1. The average molecular weight is 718 g/mol. The first-order chi connectivity index (χ1) is 23.9. The van der Waals surface area contributed by atoms with Gasteiger partial charge in [-0.15, -0.1) is 0 Å². The van der Waals surface area contributed by atoms with Crippen molar-refractivity contribution in [3.63, 3.8) is 0 Å². The molecule has 1 amide bonds. The van der Waals surface area contributed by atoms with E-state index in [0.29, 0.717) is 38.5 Å². The molecule has 10 heteroatoms. The van der Waals surface area contributed by atoms with E-state index in [-0.39, 0.29) is 23.9 Å². The van der Waals surface area contributed by atoms with Gasteiger partial charge in [0.1, 0.15) is 0 Å². The lowest BCUT2D eigenvalue weighted by atomic mass is 9.75. The Labute approximate surface area is 301 Å². The number of thiocarbonyl (C=S) groups is 1. The first-order valence-corrected chi connectivity index (χ1v) is 18.5. The maximum atomic E-state index is 14.6. The SMILES string of the molecule is CCCCCCCC(F)(F)CCCCCC/C=C/[C@H](C(=O)N1C(=S)OC(c2ccccc2)(c2ccccc2)[C@@H]1C(C)C)[C@@](O)(CCF)C(=O)O. The minimum Gasteiger partial charge on any atom is -0.479 e. The second-order valence-corrected chi connectivity index (χ2v) is 14.1. The standard InChI is InChI=1S/C40H54F3NO5S/c1-4-5-6-10-19-26-38(42,43)27-20-11-8-7-9-18-25-33(39(48,28-29-41)36(46)47)35(45)44-34(30(2)3)40(49-37(44)50,31-21-14-12-15-22-31)32-23-16-13-17-24-32/h12-18,21-25,30,33-34,48H,4-11,19-20,26-29H2,1-3H3,(H,46,47)/b25-18+/t33-,34+,39+/m1/s1. The van der Waals surface area contributed by atoms with Crippen LogP contribution in [0.4, 0.5) is 13.2 Å². The fraction of sp³-hybridized carbons (Fsp3) is 0.575. The van der Waals surface area contributed by atoms with Crippen LogP contribution in [0.3, 0.4) is 0 Å². The maximum Gasteiger partial charge on any atom is 0.336 e. The summed E-state index contributed by atoms with van der Waals surface area (Å²) in [6.45, 7) is 4.73. The van der Waals surface area contributed by atoms with Gasteiger partial charge in [-0.1, -0.05) is 132 Å². The molecule has 2 aromatic carbocycles. The fourth-order valence-corrected chi connectivity index (χ4v) is 7.35. The first-order valence-electron chi connectivity index (χ1n) is 18.1. The summed E-state index contributed by atoms with van der Waals surface area (Å²) in [4.78, 5) is 28.3. The third-order valence-corrected chi connectivity index (χ3v) is 9.96. The molecule has 1 aliphatic heterocycles. The number of ether oxygens (including phenoxy) is 1. The third kappa shape index (κ3) is 10.2. The predicted molar refractivity (Wildman–Crippen MR) is 195 cm³/mol. The Balaban J connectivity index is 1.80. The Morgan fingerprint density at radius 3 is 1.90 bits per heavy atom. The minimum absolute atomic E-state index is 0.0821. The lowest BCUT2D eigenvalue weighted by molar-refractivity contribution is -0.169. The molecule has 0 saturated carbocycles. The lowest BCUT2D eigenvalue weighted by Gasteiger charge is -2.39. The molecular weight excluding hydrogens is 664 g/mol. The summed E-state index contributed by atoms with van der Waals surface area (Å²) in [7, 11) is 0. The zero-order chi connectivity index (χ0) is 36.8. The molecule has 0 unspecified atom stereocenters. The normalized spacial score (nSPS) is 18.0. The van der Waals surface area contributed by atoms with Gasteiger partial charge in [0.05, 0.1) is 18.6 Å². The second-order valence-electron chi connectivity index (χ2n) is 13.8. The van der Waals surface area contributed by atoms with Crippen molar-refractivity contribution in [2.45, 2.75) is 127 Å². The number of unbranched alkanes of at least 4 members (excludes halogenated alkanes) is 8. The highest BCUT2D eigenvalue weighted by atomic mass is 32.1. The molecule has 2 aromatic rings. The van der Waals surface area contributed by atoms with Crippen LogP contribution in [-0.4, -0.2) is 56.4 Å². The summed E-state index contributed by atoms with van der Waals surface area (Å²) in [6.07, 6.45) is 9.08. The van der Waals surface area contributed by atoms with E-state index in [1.165, 1.54) is 11.0 Å². The smallest absolute Gasteiger partial charge is 0.336 e. The molecule has 276 valence electrons. The number of aliphatic hydroxyl groups is 1. The Morgan fingerprint density at radius 1 is 0.900 bits per heavy atom. The molecule has 1 aliphatic rings. The van der Waals surface area contributed by atoms with Gasteiger partial charge in [0.15, 0.2) is 11.2 Å². The van der Waals surface area contributed by atoms with Gasteiger partial charge in [-0.3, -0.25) is 14.1 Å². The van der Waals surface area contributed by atoms with Crippen LogP contribution in [0, 0.1) is 11.8 Å². The number of carbonyl (C=O) groups excluding carboxylic acids is 1. The number of rotatable bonds is 22. The van der Waals surface area contributed by atoms with Crippen molar-refractivity contribution in [2.75, 3.05) is 6.67 Å². The van der Waals surface area contributed by atoms with Crippen LogP contribution >= 0.6 is 12.2 Å². The molecule has 1 saturated heterocycles. The molecule has 3 rings (SSSR count). The van der Waals surface area contributed by atoms with Crippen molar-refractivity contribution in [1.82, 2.24) is 4.90 Å². The number of hydrogen-bond acceptors (Lipinski definition) is 5. The Kier molecular flexibility index (Phi) is 16.0. The molecule has 3 atom stereocenters. The van der Waals surface area contributed by atoms with E-state index in [1.807, 2.05) is 74.5 Å². The zero-order valence-electron chi connectivity index (χ0n) is 29.7. The van der Waals surface area contributed by atoms with Gasteiger partial charge < -0.3 is 14.9 Å². The van der Waals surface area contributed by atoms with E-state index in [4.69, 9.17) is 17.0 Å². The van der Waals surface area contributed by atoms with Crippen LogP contribution in [0.2, 0.25) is 0 Å². The lowest BCUT2D eigenvalue weighted by Crippen LogP contribution is -2.57. The van der Waals surface area contributed by atoms with E-state index >= 15 is 0 Å². The third-order valence-electron chi connectivity index (χ3n) is 9.68. The van der Waals surface area contributed by atoms with Gasteiger partial charge >= 0.3 is 5.97 Å². The Hall–Kier alpha value is -3.24. The number of hydrogen-bond donors (Lipinski definition) is 2. The minimum atomic E-state index is -2.76. The number of carboxylic acids is 1. The summed E-state index contributed by atoms with van der Waals surface area (Å²) in [5.41, 5.74) is -2.54. The summed E-state index contributed by atoms with van der Waals surface area (Å²) >= 11 is 5.70. The quantitative estimate of drug-likeness (QED) is 0.0717. The molecule has 0 aromatic heterocycles. The van der Waals surface area contributed by atoms with Crippen LogP contribution in [0.25, 0.3) is 0 Å². The highest BCUT2D eigenvalue weighted by Gasteiger charge is 2.60. The van der Waals surface area contributed by atoms with Crippen LogP contribution in [0.1, 0.15) is 115 Å². The van der Waals surface area contributed by atoms with Crippen LogP contribution in [0.15, 0.2) is 72.8 Å². The fourth-order valence-electron chi connectivity index (χ4n) is 7.01. The number of carbonyl (C=O) groups is 2. The Bertz CT molecular complexity index is 1350. The highest BCUT2D eigenvalue weighted by Crippen LogP contribution is 2.48. The molecule has 0 radical (unpaired) electrons. The number of benzene rings is 2. The monoisotopic (exact) mass is 717 g/mol. The predicted octanol–water partition coefficient (Wildman–Crippen LogP) is 9.78. The molecule has 0 aliphatic carbocycles. The van der Waals surface area contributed by atoms with Crippen molar-refractivity contribution in [2.24, 2.45) is 11.8 Å². The van der Waals surface area contributed by atoms with E-state index < -0.39 is 54.1 Å². The molecular formula is C40H54F3NO5S. The molecule has 50 heavy (non-hydrogen) atoms. The van der Waals surface area contributed by atoms with Gasteiger partial charge in [0, 0.05) is 30.4 Å². The highest BCUT2D eigenvalue weighted by molar-refractivity contribution is 7.80. The van der Waals surface area contributed by atoms with Crippen molar-refractivity contribution >= 4 is 29.3 Å². The van der Waals surface area contributed by atoms with E-state index in [1.54, 1.807) is 6.08 Å². The van der Waals surface area contributed by atoms with Crippen molar-refractivity contribution in [1.29, 1.82) is 0 Å². The van der Waals surface area contributed by atoms with Crippen LogP contribution in [-0.2, 0) is 19.9 Å². The largest absolute Gasteiger partial charge is 0.479 e. The number of amides is 1. The summed E-state index contributed by atoms with van der Waals surface area (Å²) in [5.74, 6) is -7.15. The second kappa shape index (κ2) is 19.4. The van der Waals surface area contributed by atoms with Crippen molar-refractivity contribution < 1.29 is 37.7 Å². The van der Waals surface area contributed by atoms with Gasteiger partial charge in [0.25, 0.3) is 5.17 Å². The molecule has 1 fully saturated rings. The van der Waals surface area contributed by atoms with Crippen LogP contribution < -0.4 is 0 Å². The number of carboxylic acid groups (broad SMARTS) is 1. The molecule has 0 spiro atoms. The maximum absolute atomic E-state index is 14.6. The number of nitrogens with zero attached hydrogens (tertiary/aromatic N) is 1. The van der Waals surface area contributed by atoms with E-state index in [9.17, 15) is 33.0 Å². The average Bonchev–Trinajstić information content (AvgIpc) is 3.42. The van der Waals surface area contributed by atoms with Gasteiger partial charge in [-0.05, 0) is 43.8 Å². The topological polar surface area (TPSA) is 87.1 Å².